The third-order valence-corrected chi connectivity index (χ3v) is 7.24. The zero-order valence-corrected chi connectivity index (χ0v) is 18.1. The van der Waals surface area contributed by atoms with Crippen LogP contribution in [0.4, 0.5) is 5.69 Å². The number of halogens is 2. The number of ether oxygens (including phenoxy) is 1. The average molecular weight is 458 g/mol. The van der Waals surface area contributed by atoms with Crippen LogP contribution in [0.2, 0.25) is 10.0 Å². The molecule has 3 rings (SSSR count). The van der Waals surface area contributed by atoms with Gasteiger partial charge in [-0.25, -0.2) is 8.42 Å². The Morgan fingerprint density at radius 1 is 1.07 bits per heavy atom. The van der Waals surface area contributed by atoms with Gasteiger partial charge in [-0.1, -0.05) is 35.3 Å². The van der Waals surface area contributed by atoms with Gasteiger partial charge in [-0.2, -0.15) is 4.31 Å². The molecule has 1 amide bonds. The van der Waals surface area contributed by atoms with E-state index < -0.39 is 10.0 Å². The van der Waals surface area contributed by atoms with Crippen LogP contribution in [0.5, 0.6) is 5.75 Å². The van der Waals surface area contributed by atoms with Gasteiger partial charge in [0.05, 0.1) is 34.3 Å². The molecule has 156 valence electrons. The Morgan fingerprint density at radius 2 is 1.76 bits per heavy atom. The van der Waals surface area contributed by atoms with Crippen LogP contribution in [-0.4, -0.2) is 63.4 Å². The minimum Gasteiger partial charge on any atom is -0.495 e. The number of nitrogens with one attached hydrogen (secondary N) is 1. The van der Waals surface area contributed by atoms with Crippen molar-refractivity contribution in [1.82, 2.24) is 9.21 Å². The number of amides is 1. The van der Waals surface area contributed by atoms with E-state index in [4.69, 9.17) is 27.9 Å². The molecule has 0 aliphatic carbocycles. The van der Waals surface area contributed by atoms with Gasteiger partial charge in [0.2, 0.25) is 15.9 Å². The predicted molar refractivity (Wildman–Crippen MR) is 113 cm³/mol. The van der Waals surface area contributed by atoms with E-state index in [2.05, 4.69) is 5.32 Å². The lowest BCUT2D eigenvalue weighted by atomic mass is 10.3. The quantitative estimate of drug-likeness (QED) is 0.720. The van der Waals surface area contributed by atoms with Crippen LogP contribution >= 0.6 is 23.2 Å². The van der Waals surface area contributed by atoms with Gasteiger partial charge in [-0.15, -0.1) is 0 Å². The molecule has 0 unspecified atom stereocenters. The lowest BCUT2D eigenvalue weighted by molar-refractivity contribution is -0.117. The summed E-state index contributed by atoms with van der Waals surface area (Å²) in [5.41, 5.74) is 0.598. The van der Waals surface area contributed by atoms with Crippen LogP contribution in [-0.2, 0) is 14.8 Å². The molecule has 0 saturated carbocycles. The molecular weight excluding hydrogens is 437 g/mol. The van der Waals surface area contributed by atoms with Crippen molar-refractivity contribution in [3.63, 3.8) is 0 Å². The van der Waals surface area contributed by atoms with E-state index in [1.807, 2.05) is 17.0 Å². The van der Waals surface area contributed by atoms with Crippen molar-refractivity contribution >= 4 is 44.8 Å². The third kappa shape index (κ3) is 5.21. The van der Waals surface area contributed by atoms with E-state index in [0.717, 1.165) is 0 Å². The van der Waals surface area contributed by atoms with Crippen LogP contribution in [0.25, 0.3) is 0 Å². The Labute approximate surface area is 180 Å². The van der Waals surface area contributed by atoms with E-state index in [0.29, 0.717) is 29.5 Å². The normalized spacial score (nSPS) is 15.8. The molecule has 0 atom stereocenters. The first-order chi connectivity index (χ1) is 13.8. The topological polar surface area (TPSA) is 79.0 Å². The summed E-state index contributed by atoms with van der Waals surface area (Å²) in [6.07, 6.45) is 0. The molecule has 7 nitrogen and oxygen atoms in total. The van der Waals surface area contributed by atoms with Gasteiger partial charge in [-0.3, -0.25) is 9.69 Å². The highest BCUT2D eigenvalue weighted by atomic mass is 35.5. The van der Waals surface area contributed by atoms with Gasteiger partial charge >= 0.3 is 0 Å². The number of para-hydroxylation sites is 2. The predicted octanol–water partition coefficient (Wildman–Crippen LogP) is 2.95. The molecule has 1 heterocycles. The maximum atomic E-state index is 12.8. The number of nitrogens with zero attached hydrogens (tertiary/aromatic N) is 2. The van der Waals surface area contributed by atoms with Gasteiger partial charge in [0.25, 0.3) is 0 Å². The molecule has 1 fully saturated rings. The van der Waals surface area contributed by atoms with Crippen molar-refractivity contribution in [2.75, 3.05) is 45.2 Å². The van der Waals surface area contributed by atoms with E-state index in [1.54, 1.807) is 19.2 Å². The molecule has 1 saturated heterocycles. The minimum absolute atomic E-state index is 0.106. The zero-order chi connectivity index (χ0) is 21.0. The number of piperazine rings is 1. The molecule has 0 bridgehead atoms. The smallest absolute Gasteiger partial charge is 0.243 e. The summed E-state index contributed by atoms with van der Waals surface area (Å²) in [6, 6.07) is 11.4. The Bertz CT molecular complexity index is 993. The fourth-order valence-electron chi connectivity index (χ4n) is 3.06. The first-order valence-corrected chi connectivity index (χ1v) is 11.1. The van der Waals surface area contributed by atoms with Crippen LogP contribution in [0.3, 0.4) is 0 Å². The number of anilines is 1. The van der Waals surface area contributed by atoms with E-state index in [-0.39, 0.29) is 35.5 Å². The number of rotatable bonds is 6. The summed E-state index contributed by atoms with van der Waals surface area (Å²) in [6.45, 7) is 1.62. The Morgan fingerprint density at radius 3 is 2.41 bits per heavy atom. The van der Waals surface area contributed by atoms with Crippen LogP contribution in [0.15, 0.2) is 47.4 Å². The lowest BCUT2D eigenvalue weighted by Gasteiger charge is -2.33. The molecule has 1 aliphatic rings. The molecule has 2 aromatic carbocycles. The van der Waals surface area contributed by atoms with Gasteiger partial charge in [0, 0.05) is 26.2 Å². The monoisotopic (exact) mass is 457 g/mol. The molecule has 1 N–H and O–H groups in total. The molecular formula is C19H21Cl2N3O4S. The molecule has 10 heteroatoms. The molecule has 29 heavy (non-hydrogen) atoms. The highest BCUT2D eigenvalue weighted by molar-refractivity contribution is 7.89. The second-order valence-corrected chi connectivity index (χ2v) is 9.26. The lowest BCUT2D eigenvalue weighted by Crippen LogP contribution is -2.50. The zero-order valence-electron chi connectivity index (χ0n) is 15.8. The summed E-state index contributed by atoms with van der Waals surface area (Å²) >= 11 is 11.8. The van der Waals surface area contributed by atoms with Gasteiger partial charge < -0.3 is 10.1 Å². The largest absolute Gasteiger partial charge is 0.495 e. The van der Waals surface area contributed by atoms with E-state index in [9.17, 15) is 13.2 Å². The minimum atomic E-state index is -3.66. The maximum absolute atomic E-state index is 12.8. The number of hydrogen-bond donors (Lipinski definition) is 1. The Hall–Kier alpha value is -1.84. The second kappa shape index (κ2) is 9.32. The van der Waals surface area contributed by atoms with Crippen molar-refractivity contribution in [3.05, 3.63) is 52.5 Å². The molecule has 0 aromatic heterocycles. The van der Waals surface area contributed by atoms with Crippen LogP contribution in [0, 0.1) is 0 Å². The van der Waals surface area contributed by atoms with Gasteiger partial charge in [-0.05, 0) is 30.3 Å². The standard InChI is InChI=1S/C19H21Cl2N3O4S/c1-28-18-5-3-2-4-17(18)22-19(25)13-23-8-10-24(11-9-23)29(26,27)14-6-7-15(20)16(21)12-14/h2-7,12H,8-11,13H2,1H3,(H,22,25). The highest BCUT2D eigenvalue weighted by Gasteiger charge is 2.29. The van der Waals surface area contributed by atoms with Crippen molar-refractivity contribution in [2.45, 2.75) is 4.90 Å². The fraction of sp³-hybridized carbons (Fsp3) is 0.316. The number of sulfonamides is 1. The molecule has 1 aliphatic heterocycles. The van der Waals surface area contributed by atoms with Crippen molar-refractivity contribution in [3.8, 4) is 5.75 Å². The number of hydrogen-bond acceptors (Lipinski definition) is 5. The summed E-state index contributed by atoms with van der Waals surface area (Å²) in [5.74, 6) is 0.397. The summed E-state index contributed by atoms with van der Waals surface area (Å²) in [4.78, 5) is 14.4. The summed E-state index contributed by atoms with van der Waals surface area (Å²) < 4.78 is 32.2. The SMILES string of the molecule is COc1ccccc1NC(=O)CN1CCN(S(=O)(=O)c2ccc(Cl)c(Cl)c2)CC1. The van der Waals surface area contributed by atoms with Crippen LogP contribution in [0.1, 0.15) is 0 Å². The molecule has 2 aromatic rings. The second-order valence-electron chi connectivity index (χ2n) is 6.50. The molecule has 0 radical (unpaired) electrons. The fourth-order valence-corrected chi connectivity index (χ4v) is 4.87. The van der Waals surface area contributed by atoms with Crippen LogP contribution < -0.4 is 10.1 Å². The van der Waals surface area contributed by atoms with Crippen molar-refractivity contribution in [2.24, 2.45) is 0 Å². The summed E-state index contributed by atoms with van der Waals surface area (Å²) in [5, 5.41) is 3.32. The third-order valence-electron chi connectivity index (χ3n) is 4.61. The maximum Gasteiger partial charge on any atom is 0.243 e. The average Bonchev–Trinajstić information content (AvgIpc) is 2.70. The van der Waals surface area contributed by atoms with E-state index >= 15 is 0 Å². The number of methoxy groups -OCH3 is 1. The number of carbonyl (C=O) groups excluding carboxylic acids is 1. The Balaban J connectivity index is 1.57. The van der Waals surface area contributed by atoms with Gasteiger partial charge in [0.15, 0.2) is 0 Å². The number of carbonyl (C=O) groups is 1. The molecule has 0 spiro atoms. The van der Waals surface area contributed by atoms with E-state index in [1.165, 1.54) is 22.5 Å². The highest BCUT2D eigenvalue weighted by Crippen LogP contribution is 2.27. The van der Waals surface area contributed by atoms with Crippen molar-refractivity contribution in [1.29, 1.82) is 0 Å². The Kier molecular flexibility index (Phi) is 7.02. The number of benzene rings is 2. The van der Waals surface area contributed by atoms with Crippen molar-refractivity contribution < 1.29 is 17.9 Å². The van der Waals surface area contributed by atoms with Gasteiger partial charge in [0.1, 0.15) is 5.75 Å². The first-order valence-electron chi connectivity index (χ1n) is 8.91. The summed E-state index contributed by atoms with van der Waals surface area (Å²) in [7, 11) is -2.12. The first kappa shape index (κ1) is 21.9.